The molecule has 10 heteroatoms. The lowest BCUT2D eigenvalue weighted by Crippen LogP contribution is -2.41. The van der Waals surface area contributed by atoms with E-state index in [-0.39, 0.29) is 21.3 Å². The van der Waals surface area contributed by atoms with Crippen molar-refractivity contribution in [1.29, 1.82) is 0 Å². The molecule has 136 valence electrons. The summed E-state index contributed by atoms with van der Waals surface area (Å²) in [7, 11) is 0. The summed E-state index contributed by atoms with van der Waals surface area (Å²) >= 11 is 11.3. The van der Waals surface area contributed by atoms with Crippen molar-refractivity contribution in [3.05, 3.63) is 67.9 Å². The second kappa shape index (κ2) is 8.11. The van der Waals surface area contributed by atoms with E-state index in [0.717, 1.165) is 12.1 Å². The number of nitro groups is 1. The Morgan fingerprint density at radius 3 is 2.50 bits per heavy atom. The lowest BCUT2D eigenvalue weighted by atomic mass is 10.1. The number of carbonyl (C=O) groups is 2. The molecule has 0 aromatic heterocycles. The molecule has 2 aromatic rings. The first-order chi connectivity index (χ1) is 12.2. The number of nitro benzene ring substituents is 1. The number of amides is 2. The molecule has 0 aliphatic carbocycles. The van der Waals surface area contributed by atoms with Crippen LogP contribution in [0, 0.1) is 15.9 Å². The number of rotatable bonds is 5. The highest BCUT2D eigenvalue weighted by Crippen LogP contribution is 2.25. The van der Waals surface area contributed by atoms with Gasteiger partial charge in [0.05, 0.1) is 10.6 Å². The minimum Gasteiger partial charge on any atom is -0.341 e. The molecule has 7 nitrogen and oxygen atoms in total. The van der Waals surface area contributed by atoms with Crippen LogP contribution < -0.4 is 10.6 Å². The number of hydrogen-bond donors (Lipinski definition) is 2. The zero-order chi connectivity index (χ0) is 19.4. The highest BCUT2D eigenvalue weighted by atomic mass is 35.5. The molecule has 2 aromatic carbocycles. The molecule has 0 bridgehead atoms. The molecule has 26 heavy (non-hydrogen) atoms. The number of halogens is 3. The van der Waals surface area contributed by atoms with Crippen LogP contribution in [0.5, 0.6) is 0 Å². The molecule has 0 aliphatic rings. The van der Waals surface area contributed by atoms with Gasteiger partial charge < -0.3 is 10.6 Å². The van der Waals surface area contributed by atoms with Crippen LogP contribution in [0.1, 0.15) is 17.3 Å². The monoisotopic (exact) mass is 399 g/mol. The zero-order valence-electron chi connectivity index (χ0n) is 13.3. The van der Waals surface area contributed by atoms with Crippen molar-refractivity contribution in [1.82, 2.24) is 5.32 Å². The van der Waals surface area contributed by atoms with Crippen LogP contribution in [-0.2, 0) is 4.79 Å². The Labute approximate surface area is 157 Å². The van der Waals surface area contributed by atoms with E-state index in [4.69, 9.17) is 23.2 Å². The molecule has 0 heterocycles. The summed E-state index contributed by atoms with van der Waals surface area (Å²) < 4.78 is 13.7. The summed E-state index contributed by atoms with van der Waals surface area (Å²) in [6.45, 7) is 1.38. The van der Waals surface area contributed by atoms with Gasteiger partial charge in [-0.15, -0.1) is 0 Å². The van der Waals surface area contributed by atoms with Crippen LogP contribution in [0.3, 0.4) is 0 Å². The molecular formula is C16H12Cl2FN3O4. The maximum absolute atomic E-state index is 13.7. The first-order valence-electron chi connectivity index (χ1n) is 7.19. The number of anilines is 1. The van der Waals surface area contributed by atoms with Gasteiger partial charge in [0.15, 0.2) is 0 Å². The van der Waals surface area contributed by atoms with Crippen LogP contribution in [-0.4, -0.2) is 22.8 Å². The third-order valence-corrected chi connectivity index (χ3v) is 3.89. The van der Waals surface area contributed by atoms with Crippen LogP contribution in [0.2, 0.25) is 10.0 Å². The zero-order valence-corrected chi connectivity index (χ0v) is 14.8. The number of hydrogen-bond acceptors (Lipinski definition) is 4. The van der Waals surface area contributed by atoms with Crippen molar-refractivity contribution in [3.8, 4) is 0 Å². The fraction of sp³-hybridized carbons (Fsp3) is 0.125. The van der Waals surface area contributed by atoms with Gasteiger partial charge in [0.2, 0.25) is 5.91 Å². The second-order valence-corrected chi connectivity index (χ2v) is 6.08. The topological polar surface area (TPSA) is 101 Å². The first kappa shape index (κ1) is 19.6. The smallest absolute Gasteiger partial charge is 0.288 e. The van der Waals surface area contributed by atoms with E-state index >= 15 is 0 Å². The minimum absolute atomic E-state index is 0.0431. The summed E-state index contributed by atoms with van der Waals surface area (Å²) in [6.07, 6.45) is 0. The van der Waals surface area contributed by atoms with E-state index in [1.54, 1.807) is 0 Å². The van der Waals surface area contributed by atoms with Gasteiger partial charge in [-0.25, -0.2) is 4.39 Å². The van der Waals surface area contributed by atoms with E-state index in [0.29, 0.717) is 0 Å². The highest BCUT2D eigenvalue weighted by molar-refractivity contribution is 6.32. The van der Waals surface area contributed by atoms with Gasteiger partial charge in [-0.05, 0) is 37.3 Å². The Balaban J connectivity index is 2.07. The normalized spacial score (nSPS) is 11.5. The van der Waals surface area contributed by atoms with Crippen LogP contribution in [0.25, 0.3) is 0 Å². The Morgan fingerprint density at radius 1 is 1.19 bits per heavy atom. The molecule has 1 atom stereocenters. The third-order valence-electron chi connectivity index (χ3n) is 3.33. The van der Waals surface area contributed by atoms with Crippen molar-refractivity contribution >= 4 is 46.4 Å². The summed E-state index contributed by atoms with van der Waals surface area (Å²) in [4.78, 5) is 34.4. The highest BCUT2D eigenvalue weighted by Gasteiger charge is 2.20. The number of nitrogens with one attached hydrogen (secondary N) is 2. The van der Waals surface area contributed by atoms with Crippen molar-refractivity contribution in [2.24, 2.45) is 0 Å². The lowest BCUT2D eigenvalue weighted by Gasteiger charge is -2.14. The molecule has 0 aliphatic heterocycles. The first-order valence-corrected chi connectivity index (χ1v) is 7.95. The molecule has 2 amide bonds. The Bertz CT molecular complexity index is 892. The van der Waals surface area contributed by atoms with Crippen LogP contribution in [0.15, 0.2) is 36.4 Å². The fourth-order valence-electron chi connectivity index (χ4n) is 1.97. The predicted octanol–water partition coefficient (Wildman–Crippen LogP) is 3.80. The second-order valence-electron chi connectivity index (χ2n) is 5.23. The van der Waals surface area contributed by atoms with Crippen LogP contribution in [0.4, 0.5) is 15.8 Å². The molecule has 2 N–H and O–H groups in total. The summed E-state index contributed by atoms with van der Waals surface area (Å²) in [5.74, 6) is -2.12. The number of benzene rings is 2. The van der Waals surface area contributed by atoms with E-state index in [1.165, 1.54) is 31.2 Å². The van der Waals surface area contributed by atoms with Gasteiger partial charge in [-0.2, -0.15) is 0 Å². The average Bonchev–Trinajstić information content (AvgIpc) is 2.57. The fourth-order valence-corrected chi connectivity index (χ4v) is 2.32. The van der Waals surface area contributed by atoms with Gasteiger partial charge in [-0.1, -0.05) is 23.2 Å². The molecule has 0 spiro atoms. The van der Waals surface area contributed by atoms with Crippen molar-refractivity contribution < 1.29 is 18.9 Å². The van der Waals surface area contributed by atoms with Gasteiger partial charge in [0.25, 0.3) is 11.6 Å². The van der Waals surface area contributed by atoms with Gasteiger partial charge >= 0.3 is 0 Å². The third kappa shape index (κ3) is 4.68. The van der Waals surface area contributed by atoms with Crippen molar-refractivity contribution in [2.45, 2.75) is 13.0 Å². The lowest BCUT2D eigenvalue weighted by molar-refractivity contribution is -0.384. The van der Waals surface area contributed by atoms with E-state index in [9.17, 15) is 24.1 Å². The Hall–Kier alpha value is -2.71. The molecule has 0 saturated heterocycles. The van der Waals surface area contributed by atoms with E-state index in [1.807, 2.05) is 0 Å². The van der Waals surface area contributed by atoms with Crippen molar-refractivity contribution in [2.75, 3.05) is 5.32 Å². The molecule has 0 radical (unpaired) electrons. The summed E-state index contributed by atoms with van der Waals surface area (Å²) in [5.41, 5.74) is -0.569. The molecular weight excluding hydrogens is 388 g/mol. The van der Waals surface area contributed by atoms with Gasteiger partial charge in [0, 0.05) is 16.7 Å². The van der Waals surface area contributed by atoms with Gasteiger partial charge in [0.1, 0.15) is 16.9 Å². The average molecular weight is 400 g/mol. The standard InChI is InChI=1S/C16H12Cl2FN3O4/c1-8(15(23)21-13-5-3-10(17)7-12(13)19)20-16(24)9-2-4-11(18)14(6-9)22(25)26/h2-8H,1H3,(H,20,24)(H,21,23)/t8-/m0/s1. The van der Waals surface area contributed by atoms with E-state index in [2.05, 4.69) is 10.6 Å². The van der Waals surface area contributed by atoms with E-state index < -0.39 is 34.3 Å². The molecule has 0 unspecified atom stereocenters. The Kier molecular flexibility index (Phi) is 6.12. The van der Waals surface area contributed by atoms with Crippen LogP contribution >= 0.6 is 23.2 Å². The number of nitrogens with zero attached hydrogens (tertiary/aromatic N) is 1. The van der Waals surface area contributed by atoms with Crippen molar-refractivity contribution in [3.63, 3.8) is 0 Å². The SMILES string of the molecule is C[C@H](NC(=O)c1ccc(Cl)c([N+](=O)[O-])c1)C(=O)Nc1ccc(Cl)cc1F. The largest absolute Gasteiger partial charge is 0.341 e. The summed E-state index contributed by atoms with van der Waals surface area (Å²) in [5, 5.41) is 15.6. The quantitative estimate of drug-likeness (QED) is 0.589. The predicted molar refractivity (Wildman–Crippen MR) is 95.1 cm³/mol. The van der Waals surface area contributed by atoms with Gasteiger partial charge in [-0.3, -0.25) is 19.7 Å². The summed E-state index contributed by atoms with van der Waals surface area (Å²) in [6, 6.07) is 6.18. The molecule has 2 rings (SSSR count). The maximum atomic E-state index is 13.7. The minimum atomic E-state index is -1.03. The molecule has 0 fully saturated rings. The Morgan fingerprint density at radius 2 is 1.88 bits per heavy atom. The number of carbonyl (C=O) groups excluding carboxylic acids is 2. The molecule has 0 saturated carbocycles. The maximum Gasteiger partial charge on any atom is 0.288 e.